The van der Waals surface area contributed by atoms with Crippen molar-refractivity contribution in [2.45, 2.75) is 0 Å². The van der Waals surface area contributed by atoms with Crippen molar-refractivity contribution in [1.29, 1.82) is 0 Å². The molecule has 1 saturated heterocycles. The SMILES string of the molecule is O=C(Nc1cc(F)ccc1F)N1CCN(c2cc(-c3ccncc3)[nH]n2)CC1. The van der Waals surface area contributed by atoms with Gasteiger partial charge in [-0.15, -0.1) is 0 Å². The summed E-state index contributed by atoms with van der Waals surface area (Å²) in [7, 11) is 0. The van der Waals surface area contributed by atoms with E-state index in [-0.39, 0.29) is 5.69 Å². The Morgan fingerprint density at radius 1 is 1.04 bits per heavy atom. The van der Waals surface area contributed by atoms with Gasteiger partial charge in [0.05, 0.1) is 11.4 Å². The van der Waals surface area contributed by atoms with E-state index in [0.29, 0.717) is 26.2 Å². The van der Waals surface area contributed by atoms with E-state index in [0.717, 1.165) is 35.3 Å². The summed E-state index contributed by atoms with van der Waals surface area (Å²) in [5.41, 5.74) is 1.71. The third-order valence-corrected chi connectivity index (χ3v) is 4.62. The van der Waals surface area contributed by atoms with Gasteiger partial charge >= 0.3 is 6.03 Å². The van der Waals surface area contributed by atoms with Crippen molar-refractivity contribution in [1.82, 2.24) is 20.1 Å². The Kier molecular flexibility index (Phi) is 4.88. The molecule has 7 nitrogen and oxygen atoms in total. The minimum absolute atomic E-state index is 0.165. The highest BCUT2D eigenvalue weighted by molar-refractivity contribution is 5.89. The molecule has 9 heteroatoms. The van der Waals surface area contributed by atoms with Crippen molar-refractivity contribution in [3.8, 4) is 11.3 Å². The highest BCUT2D eigenvalue weighted by Gasteiger charge is 2.23. The average molecular weight is 384 g/mol. The number of halogens is 2. The first-order valence-electron chi connectivity index (χ1n) is 8.82. The number of rotatable bonds is 3. The van der Waals surface area contributed by atoms with Crippen LogP contribution >= 0.6 is 0 Å². The van der Waals surface area contributed by atoms with Crippen LogP contribution in [-0.2, 0) is 0 Å². The predicted molar refractivity (Wildman–Crippen MR) is 101 cm³/mol. The molecule has 1 aliphatic heterocycles. The number of benzene rings is 1. The van der Waals surface area contributed by atoms with E-state index < -0.39 is 17.7 Å². The smallest absolute Gasteiger partial charge is 0.322 e. The number of nitrogens with zero attached hydrogens (tertiary/aromatic N) is 4. The first kappa shape index (κ1) is 17.9. The fourth-order valence-electron chi connectivity index (χ4n) is 3.08. The van der Waals surface area contributed by atoms with Crippen LogP contribution in [0.15, 0.2) is 48.8 Å². The molecule has 0 spiro atoms. The Balaban J connectivity index is 1.36. The number of amides is 2. The maximum absolute atomic E-state index is 13.7. The van der Waals surface area contributed by atoms with Gasteiger partial charge in [0.15, 0.2) is 5.82 Å². The van der Waals surface area contributed by atoms with Crippen molar-refractivity contribution in [3.63, 3.8) is 0 Å². The number of H-pyrrole nitrogens is 1. The Labute approximate surface area is 160 Å². The minimum Gasteiger partial charge on any atom is -0.352 e. The molecule has 4 rings (SSSR count). The zero-order chi connectivity index (χ0) is 19.5. The summed E-state index contributed by atoms with van der Waals surface area (Å²) in [4.78, 5) is 20.0. The molecule has 2 N–H and O–H groups in total. The normalized spacial score (nSPS) is 14.2. The second kappa shape index (κ2) is 7.63. The predicted octanol–water partition coefficient (Wildman–Crippen LogP) is 3.10. The van der Waals surface area contributed by atoms with Crippen LogP contribution in [0.2, 0.25) is 0 Å². The molecule has 28 heavy (non-hydrogen) atoms. The van der Waals surface area contributed by atoms with Crippen LogP contribution in [-0.4, -0.2) is 52.3 Å². The van der Waals surface area contributed by atoms with Gasteiger partial charge in [0, 0.05) is 56.3 Å². The average Bonchev–Trinajstić information content (AvgIpc) is 3.22. The molecule has 1 aliphatic rings. The Morgan fingerprint density at radius 2 is 1.79 bits per heavy atom. The van der Waals surface area contributed by atoms with Gasteiger partial charge in [0.1, 0.15) is 11.6 Å². The molecule has 3 aromatic rings. The maximum atomic E-state index is 13.7. The van der Waals surface area contributed by atoms with Crippen LogP contribution in [0.5, 0.6) is 0 Å². The number of aromatic amines is 1. The summed E-state index contributed by atoms with van der Waals surface area (Å²) < 4.78 is 27.0. The summed E-state index contributed by atoms with van der Waals surface area (Å²) in [6.45, 7) is 2.06. The van der Waals surface area contributed by atoms with Crippen LogP contribution in [0, 0.1) is 11.6 Å². The number of hydrogen-bond acceptors (Lipinski definition) is 4. The molecule has 2 amide bonds. The first-order valence-corrected chi connectivity index (χ1v) is 8.82. The molecule has 1 fully saturated rings. The van der Waals surface area contributed by atoms with Gasteiger partial charge in [-0.2, -0.15) is 5.10 Å². The molecule has 0 saturated carbocycles. The zero-order valence-corrected chi connectivity index (χ0v) is 14.9. The number of hydrogen-bond donors (Lipinski definition) is 2. The molecule has 0 unspecified atom stereocenters. The third-order valence-electron chi connectivity index (χ3n) is 4.62. The fourth-order valence-corrected chi connectivity index (χ4v) is 3.08. The number of carbonyl (C=O) groups excluding carboxylic acids is 1. The number of anilines is 2. The van der Waals surface area contributed by atoms with Gasteiger partial charge in [-0.25, -0.2) is 13.6 Å². The van der Waals surface area contributed by atoms with Crippen LogP contribution in [0.3, 0.4) is 0 Å². The third kappa shape index (κ3) is 3.78. The highest BCUT2D eigenvalue weighted by atomic mass is 19.1. The standard InChI is InChI=1S/C19H18F2N6O/c20-14-1-2-15(21)17(11-14)23-19(28)27-9-7-26(8-10-27)18-12-16(24-25-18)13-3-5-22-6-4-13/h1-6,11-12H,7-10H2,(H,23,28)(H,24,25). The van der Waals surface area contributed by atoms with Crippen LogP contribution < -0.4 is 10.2 Å². The van der Waals surface area contributed by atoms with Crippen molar-refractivity contribution < 1.29 is 13.6 Å². The summed E-state index contributed by atoms with van der Waals surface area (Å²) in [5, 5.41) is 9.78. The molecular formula is C19H18F2N6O. The van der Waals surface area contributed by atoms with Crippen molar-refractivity contribution >= 4 is 17.5 Å². The Hall–Kier alpha value is -3.49. The lowest BCUT2D eigenvalue weighted by Crippen LogP contribution is -2.50. The Morgan fingerprint density at radius 3 is 2.54 bits per heavy atom. The van der Waals surface area contributed by atoms with Crippen molar-refractivity contribution in [2.75, 3.05) is 36.4 Å². The number of aromatic nitrogens is 3. The lowest BCUT2D eigenvalue weighted by molar-refractivity contribution is 0.208. The molecule has 0 radical (unpaired) electrons. The van der Waals surface area contributed by atoms with E-state index in [1.807, 2.05) is 18.2 Å². The topological polar surface area (TPSA) is 77.2 Å². The largest absolute Gasteiger partial charge is 0.352 e. The maximum Gasteiger partial charge on any atom is 0.322 e. The lowest BCUT2D eigenvalue weighted by atomic mass is 10.2. The van der Waals surface area contributed by atoms with Gasteiger partial charge < -0.3 is 15.1 Å². The van der Waals surface area contributed by atoms with E-state index in [4.69, 9.17) is 0 Å². The van der Waals surface area contributed by atoms with Crippen molar-refractivity contribution in [2.24, 2.45) is 0 Å². The van der Waals surface area contributed by atoms with Gasteiger partial charge in [0.2, 0.25) is 0 Å². The lowest BCUT2D eigenvalue weighted by Gasteiger charge is -2.34. The molecule has 1 aromatic carbocycles. The summed E-state index contributed by atoms with van der Waals surface area (Å²) in [6, 6.07) is 8.25. The van der Waals surface area contributed by atoms with Crippen LogP contribution in [0.25, 0.3) is 11.3 Å². The van der Waals surface area contributed by atoms with E-state index in [1.165, 1.54) is 0 Å². The molecule has 2 aromatic heterocycles. The highest BCUT2D eigenvalue weighted by Crippen LogP contribution is 2.22. The summed E-state index contributed by atoms with van der Waals surface area (Å²) >= 11 is 0. The quantitative estimate of drug-likeness (QED) is 0.728. The molecule has 0 atom stereocenters. The second-order valence-electron chi connectivity index (χ2n) is 6.40. The van der Waals surface area contributed by atoms with Crippen LogP contribution in [0.4, 0.5) is 25.1 Å². The van der Waals surface area contributed by atoms with Gasteiger partial charge in [-0.1, -0.05) is 0 Å². The summed E-state index contributed by atoms with van der Waals surface area (Å²) in [5.74, 6) is -0.485. The van der Waals surface area contributed by atoms with E-state index in [1.54, 1.807) is 17.3 Å². The van der Waals surface area contributed by atoms with Gasteiger partial charge in [-0.05, 0) is 24.3 Å². The van der Waals surface area contributed by atoms with E-state index in [9.17, 15) is 13.6 Å². The van der Waals surface area contributed by atoms with E-state index in [2.05, 4.69) is 25.4 Å². The number of nitrogens with one attached hydrogen (secondary N) is 2. The van der Waals surface area contributed by atoms with Gasteiger partial charge in [-0.3, -0.25) is 10.1 Å². The number of piperazine rings is 1. The first-order chi connectivity index (χ1) is 13.6. The monoisotopic (exact) mass is 384 g/mol. The molecular weight excluding hydrogens is 366 g/mol. The van der Waals surface area contributed by atoms with Crippen LogP contribution in [0.1, 0.15) is 0 Å². The minimum atomic E-state index is -0.673. The number of carbonyl (C=O) groups is 1. The fraction of sp³-hybridized carbons (Fsp3) is 0.211. The summed E-state index contributed by atoms with van der Waals surface area (Å²) in [6.07, 6.45) is 3.43. The zero-order valence-electron chi connectivity index (χ0n) is 14.9. The van der Waals surface area contributed by atoms with Crippen molar-refractivity contribution in [3.05, 3.63) is 60.4 Å². The number of urea groups is 1. The van der Waals surface area contributed by atoms with Gasteiger partial charge in [0.25, 0.3) is 0 Å². The van der Waals surface area contributed by atoms with E-state index >= 15 is 0 Å². The second-order valence-corrected chi connectivity index (χ2v) is 6.40. The Bertz CT molecular complexity index is 970. The molecule has 0 bridgehead atoms. The number of pyridine rings is 1. The molecule has 3 heterocycles. The molecule has 0 aliphatic carbocycles. The molecule has 144 valence electrons.